The van der Waals surface area contributed by atoms with Gasteiger partial charge < -0.3 is 15.5 Å². The van der Waals surface area contributed by atoms with E-state index in [4.69, 9.17) is 10.2 Å². The van der Waals surface area contributed by atoms with E-state index < -0.39 is 24.4 Å². The molecule has 1 unspecified atom stereocenters. The summed E-state index contributed by atoms with van der Waals surface area (Å²) in [7, 11) is 0. The van der Waals surface area contributed by atoms with Gasteiger partial charge in [-0.15, -0.1) is 0 Å². The van der Waals surface area contributed by atoms with E-state index >= 15 is 0 Å². The smallest absolute Gasteiger partial charge is 0.321 e. The first-order chi connectivity index (χ1) is 8.50. The lowest BCUT2D eigenvalue weighted by Gasteiger charge is -2.12. The van der Waals surface area contributed by atoms with Crippen LogP contribution in [0.1, 0.15) is 12.0 Å². The van der Waals surface area contributed by atoms with Gasteiger partial charge in [-0.25, -0.2) is 4.39 Å². The zero-order valence-corrected chi connectivity index (χ0v) is 9.60. The van der Waals surface area contributed by atoms with E-state index in [1.54, 1.807) is 18.2 Å². The predicted octanol–water partition coefficient (Wildman–Crippen LogP) is 0.886. The van der Waals surface area contributed by atoms with Gasteiger partial charge in [0, 0.05) is 6.54 Å². The predicted molar refractivity (Wildman–Crippen MR) is 61.8 cm³/mol. The van der Waals surface area contributed by atoms with Gasteiger partial charge in [0.15, 0.2) is 0 Å². The molecule has 1 rings (SSSR count). The molecule has 0 radical (unpaired) electrons. The Morgan fingerprint density at radius 1 is 1.28 bits per heavy atom. The molecule has 18 heavy (non-hydrogen) atoms. The first-order valence-corrected chi connectivity index (χ1v) is 5.42. The molecule has 0 heterocycles. The van der Waals surface area contributed by atoms with Crippen LogP contribution in [0, 0.1) is 5.82 Å². The first kappa shape index (κ1) is 14.1. The summed E-state index contributed by atoms with van der Waals surface area (Å²) in [5, 5.41) is 19.9. The summed E-state index contributed by atoms with van der Waals surface area (Å²) in [6.07, 6.45) is -0.206. The molecule has 0 saturated heterocycles. The van der Waals surface area contributed by atoms with Gasteiger partial charge in [0.25, 0.3) is 0 Å². The van der Waals surface area contributed by atoms with E-state index in [9.17, 15) is 14.0 Å². The molecular weight excluding hydrogens is 241 g/mol. The molecule has 0 amide bonds. The second-order valence-corrected chi connectivity index (χ2v) is 3.78. The fourth-order valence-electron chi connectivity index (χ4n) is 1.50. The van der Waals surface area contributed by atoms with Crippen molar-refractivity contribution in [2.75, 3.05) is 6.54 Å². The molecule has 0 aliphatic rings. The van der Waals surface area contributed by atoms with Gasteiger partial charge >= 0.3 is 11.9 Å². The number of carboxylic acid groups (broad SMARTS) is 2. The third-order valence-corrected chi connectivity index (χ3v) is 2.42. The highest BCUT2D eigenvalue weighted by molar-refractivity contribution is 5.80. The van der Waals surface area contributed by atoms with E-state index in [-0.39, 0.29) is 12.4 Å². The maximum Gasteiger partial charge on any atom is 0.321 e. The Bertz CT molecular complexity index is 436. The average molecular weight is 255 g/mol. The number of nitrogens with one attached hydrogen (secondary N) is 1. The Morgan fingerprint density at radius 2 is 1.94 bits per heavy atom. The van der Waals surface area contributed by atoms with Crippen LogP contribution in [0.25, 0.3) is 0 Å². The van der Waals surface area contributed by atoms with Crippen LogP contribution >= 0.6 is 0 Å². The van der Waals surface area contributed by atoms with Crippen molar-refractivity contribution in [3.8, 4) is 0 Å². The minimum atomic E-state index is -1.23. The van der Waals surface area contributed by atoms with Crippen molar-refractivity contribution in [2.24, 2.45) is 0 Å². The normalized spacial score (nSPS) is 12.1. The number of aliphatic carboxylic acids is 2. The Balaban J connectivity index is 2.46. The standard InChI is InChI=1S/C12H14FNO4/c13-9-4-2-1-3-8(9)5-6-14-10(12(17)18)7-11(15)16/h1-4,10,14H,5-7H2,(H,15,16)(H,17,18). The minimum absolute atomic E-state index is 0.200. The first-order valence-electron chi connectivity index (χ1n) is 5.42. The van der Waals surface area contributed by atoms with Gasteiger partial charge in [-0.2, -0.15) is 0 Å². The molecule has 1 atom stereocenters. The molecule has 0 fully saturated rings. The molecule has 98 valence electrons. The van der Waals surface area contributed by atoms with Crippen molar-refractivity contribution < 1.29 is 24.2 Å². The van der Waals surface area contributed by atoms with E-state index in [1.165, 1.54) is 6.07 Å². The maximum absolute atomic E-state index is 13.2. The largest absolute Gasteiger partial charge is 0.481 e. The number of benzene rings is 1. The Labute approximate surface area is 103 Å². The van der Waals surface area contributed by atoms with Crippen molar-refractivity contribution in [2.45, 2.75) is 18.9 Å². The zero-order valence-electron chi connectivity index (χ0n) is 9.60. The minimum Gasteiger partial charge on any atom is -0.481 e. The summed E-state index contributed by atoms with van der Waals surface area (Å²) in [5.41, 5.74) is 0.462. The van der Waals surface area contributed by atoms with Crippen LogP contribution in [0.2, 0.25) is 0 Å². The topological polar surface area (TPSA) is 86.6 Å². The molecule has 5 nitrogen and oxygen atoms in total. The number of hydrogen-bond donors (Lipinski definition) is 3. The lowest BCUT2D eigenvalue weighted by atomic mass is 10.1. The Hall–Kier alpha value is -1.95. The fourth-order valence-corrected chi connectivity index (χ4v) is 1.50. The molecule has 3 N–H and O–H groups in total. The molecular formula is C12H14FNO4. The second-order valence-electron chi connectivity index (χ2n) is 3.78. The van der Waals surface area contributed by atoms with Crippen molar-refractivity contribution in [1.82, 2.24) is 5.32 Å². The highest BCUT2D eigenvalue weighted by Crippen LogP contribution is 2.06. The third kappa shape index (κ3) is 4.50. The van der Waals surface area contributed by atoms with Gasteiger partial charge in [0.05, 0.1) is 6.42 Å². The molecule has 0 aromatic heterocycles. The molecule has 0 aliphatic carbocycles. The molecule has 0 bridgehead atoms. The Kier molecular flexibility index (Phi) is 5.26. The van der Waals surface area contributed by atoms with E-state index in [0.29, 0.717) is 12.0 Å². The number of carbonyl (C=O) groups is 2. The summed E-state index contributed by atoms with van der Waals surface area (Å²) in [4.78, 5) is 21.2. The van der Waals surface area contributed by atoms with Gasteiger partial charge in [-0.3, -0.25) is 9.59 Å². The Morgan fingerprint density at radius 3 is 2.50 bits per heavy atom. The second kappa shape index (κ2) is 6.70. The van der Waals surface area contributed by atoms with Crippen molar-refractivity contribution in [3.63, 3.8) is 0 Å². The molecule has 0 aliphatic heterocycles. The summed E-state index contributed by atoms with van der Waals surface area (Å²) in [5.74, 6) is -2.78. The summed E-state index contributed by atoms with van der Waals surface area (Å²) in [6.45, 7) is 0.200. The van der Waals surface area contributed by atoms with E-state index in [2.05, 4.69) is 5.32 Å². The molecule has 0 saturated carbocycles. The van der Waals surface area contributed by atoms with Gasteiger partial charge in [0.2, 0.25) is 0 Å². The monoisotopic (exact) mass is 255 g/mol. The van der Waals surface area contributed by atoms with E-state index in [0.717, 1.165) is 0 Å². The quantitative estimate of drug-likeness (QED) is 0.673. The number of carboxylic acids is 2. The molecule has 1 aromatic rings. The fraction of sp³-hybridized carbons (Fsp3) is 0.333. The van der Waals surface area contributed by atoms with Crippen LogP contribution in [0.4, 0.5) is 4.39 Å². The maximum atomic E-state index is 13.2. The van der Waals surface area contributed by atoms with Crippen molar-refractivity contribution in [3.05, 3.63) is 35.6 Å². The van der Waals surface area contributed by atoms with Gasteiger partial charge in [-0.1, -0.05) is 18.2 Å². The lowest BCUT2D eigenvalue weighted by Crippen LogP contribution is -2.39. The van der Waals surface area contributed by atoms with Crippen LogP contribution in [-0.4, -0.2) is 34.7 Å². The number of hydrogen-bond acceptors (Lipinski definition) is 3. The lowest BCUT2D eigenvalue weighted by molar-refractivity contribution is -0.145. The van der Waals surface area contributed by atoms with Crippen molar-refractivity contribution in [1.29, 1.82) is 0 Å². The SMILES string of the molecule is O=C(O)CC(NCCc1ccccc1F)C(=O)O. The van der Waals surface area contributed by atoms with Crippen LogP contribution in [0.3, 0.4) is 0 Å². The van der Waals surface area contributed by atoms with Crippen LogP contribution < -0.4 is 5.32 Å². The zero-order chi connectivity index (χ0) is 13.5. The highest BCUT2D eigenvalue weighted by Gasteiger charge is 2.19. The third-order valence-electron chi connectivity index (χ3n) is 2.42. The molecule has 1 aromatic carbocycles. The van der Waals surface area contributed by atoms with Crippen LogP contribution in [0.5, 0.6) is 0 Å². The number of rotatable bonds is 7. The molecule has 6 heteroatoms. The average Bonchev–Trinajstić information content (AvgIpc) is 2.29. The van der Waals surface area contributed by atoms with Crippen molar-refractivity contribution >= 4 is 11.9 Å². The summed E-state index contributed by atoms with van der Waals surface area (Å²) >= 11 is 0. The highest BCUT2D eigenvalue weighted by atomic mass is 19.1. The summed E-state index contributed by atoms with van der Waals surface area (Å²) < 4.78 is 13.2. The van der Waals surface area contributed by atoms with E-state index in [1.807, 2.05) is 0 Å². The van der Waals surface area contributed by atoms with Gasteiger partial charge in [-0.05, 0) is 18.1 Å². The summed E-state index contributed by atoms with van der Waals surface area (Å²) in [6, 6.07) is 5.01. The van der Waals surface area contributed by atoms with Crippen LogP contribution in [0.15, 0.2) is 24.3 Å². The van der Waals surface area contributed by atoms with Crippen LogP contribution in [-0.2, 0) is 16.0 Å². The molecule has 0 spiro atoms. The van der Waals surface area contributed by atoms with Gasteiger partial charge in [0.1, 0.15) is 11.9 Å². The number of halogens is 1.